The number of nitrogens with one attached hydrogen (secondary N) is 1. The molecule has 4 bridgehead atoms. The van der Waals surface area contributed by atoms with Crippen LogP contribution in [0.25, 0.3) is 0 Å². The molecule has 1 aromatic rings. The number of amides is 1. The Kier molecular flexibility index (Phi) is 4.05. The van der Waals surface area contributed by atoms with Crippen molar-refractivity contribution in [3.63, 3.8) is 0 Å². The third kappa shape index (κ3) is 2.83. The summed E-state index contributed by atoms with van der Waals surface area (Å²) in [6.45, 7) is 0. The van der Waals surface area contributed by atoms with E-state index >= 15 is 0 Å². The average molecular weight is 345 g/mol. The normalized spacial score (nSPS) is 33.8. The molecule has 1 unspecified atom stereocenters. The van der Waals surface area contributed by atoms with Gasteiger partial charge in [0.15, 0.2) is 0 Å². The quantitative estimate of drug-likeness (QED) is 0.852. The van der Waals surface area contributed by atoms with Gasteiger partial charge in [-0.05, 0) is 68.4 Å². The average Bonchev–Trinajstić information content (AvgIpc) is 2.58. The van der Waals surface area contributed by atoms with Crippen LogP contribution in [0, 0.1) is 29.0 Å². The smallest absolute Gasteiger partial charge is 0.328 e. The first-order chi connectivity index (χ1) is 12.0. The Hall–Kier alpha value is -1.91. The summed E-state index contributed by atoms with van der Waals surface area (Å²) in [6, 6.07) is 5.17. The van der Waals surface area contributed by atoms with Crippen molar-refractivity contribution in [2.24, 2.45) is 23.2 Å². The molecule has 4 fully saturated rings. The molecule has 4 nitrogen and oxygen atoms in total. The van der Waals surface area contributed by atoms with Crippen LogP contribution in [-0.2, 0) is 9.53 Å². The van der Waals surface area contributed by atoms with E-state index in [9.17, 15) is 14.0 Å². The molecule has 0 aromatic heterocycles. The standard InChI is InChI=1S/C20H24FNO3/c1-25-19(24)17(22-18(23)15-4-2-3-5-16(15)21)20-9-12-6-13(10-20)8-14(7-12)11-20/h2-5,12-14,17H,6-11H2,1H3,(H,22,23). The largest absolute Gasteiger partial charge is 0.467 e. The zero-order valence-electron chi connectivity index (χ0n) is 14.5. The number of ether oxygens (including phenoxy) is 1. The number of carbonyl (C=O) groups is 2. The first-order valence-electron chi connectivity index (χ1n) is 9.14. The molecule has 1 aromatic carbocycles. The van der Waals surface area contributed by atoms with Crippen molar-refractivity contribution in [2.45, 2.75) is 44.6 Å². The Morgan fingerprint density at radius 3 is 2.20 bits per heavy atom. The van der Waals surface area contributed by atoms with Crippen LogP contribution in [0.5, 0.6) is 0 Å². The maximum atomic E-state index is 14.0. The highest BCUT2D eigenvalue weighted by molar-refractivity contribution is 5.97. The molecule has 4 aliphatic carbocycles. The number of hydrogen-bond acceptors (Lipinski definition) is 3. The molecule has 5 heteroatoms. The number of benzene rings is 1. The van der Waals surface area contributed by atoms with Crippen LogP contribution in [0.4, 0.5) is 4.39 Å². The summed E-state index contributed by atoms with van der Waals surface area (Å²) < 4.78 is 19.0. The summed E-state index contributed by atoms with van der Waals surface area (Å²) in [5.74, 6) is 0.404. The summed E-state index contributed by atoms with van der Waals surface area (Å²) >= 11 is 0. The van der Waals surface area contributed by atoms with Crippen molar-refractivity contribution in [3.8, 4) is 0 Å². The Morgan fingerprint density at radius 1 is 1.12 bits per heavy atom. The van der Waals surface area contributed by atoms with Gasteiger partial charge in [-0.15, -0.1) is 0 Å². The Labute approximate surface area is 147 Å². The van der Waals surface area contributed by atoms with E-state index in [0.29, 0.717) is 17.8 Å². The first kappa shape index (κ1) is 16.6. The van der Waals surface area contributed by atoms with Crippen molar-refractivity contribution < 1.29 is 18.7 Å². The highest BCUT2D eigenvalue weighted by Crippen LogP contribution is 2.61. The van der Waals surface area contributed by atoms with Crippen LogP contribution >= 0.6 is 0 Å². The third-order valence-corrected chi connectivity index (χ3v) is 6.53. The molecule has 0 saturated heterocycles. The lowest BCUT2D eigenvalue weighted by Crippen LogP contribution is -2.60. The van der Waals surface area contributed by atoms with Gasteiger partial charge in [0.05, 0.1) is 12.7 Å². The van der Waals surface area contributed by atoms with Gasteiger partial charge in [0.1, 0.15) is 11.9 Å². The number of hydrogen-bond donors (Lipinski definition) is 1. The minimum Gasteiger partial charge on any atom is -0.467 e. The minimum absolute atomic E-state index is 0.0267. The number of carbonyl (C=O) groups excluding carboxylic acids is 2. The molecular weight excluding hydrogens is 321 g/mol. The number of methoxy groups -OCH3 is 1. The van der Waals surface area contributed by atoms with E-state index in [0.717, 1.165) is 19.3 Å². The summed E-state index contributed by atoms with van der Waals surface area (Å²) in [6.07, 6.45) is 6.60. The minimum atomic E-state index is -0.696. The maximum absolute atomic E-state index is 14.0. The molecule has 4 saturated carbocycles. The van der Waals surface area contributed by atoms with Gasteiger partial charge in [-0.1, -0.05) is 12.1 Å². The second kappa shape index (κ2) is 6.11. The van der Waals surface area contributed by atoms with Crippen LogP contribution in [0.1, 0.15) is 48.9 Å². The fraction of sp³-hybridized carbons (Fsp3) is 0.600. The van der Waals surface area contributed by atoms with Crippen LogP contribution in [-0.4, -0.2) is 25.0 Å². The molecule has 1 amide bonds. The monoisotopic (exact) mass is 345 g/mol. The lowest BCUT2D eigenvalue weighted by molar-refractivity contribution is -0.154. The molecular formula is C20H24FNO3. The van der Waals surface area contributed by atoms with Gasteiger partial charge in [0.2, 0.25) is 0 Å². The predicted octanol–water partition coefficient (Wildman–Crippen LogP) is 3.31. The zero-order valence-corrected chi connectivity index (χ0v) is 14.5. The van der Waals surface area contributed by atoms with Crippen molar-refractivity contribution in [1.82, 2.24) is 5.32 Å². The van der Waals surface area contributed by atoms with E-state index < -0.39 is 23.7 Å². The highest BCUT2D eigenvalue weighted by Gasteiger charge is 2.56. The summed E-state index contributed by atoms with van der Waals surface area (Å²) in [5.41, 5.74) is -0.260. The van der Waals surface area contributed by atoms with E-state index in [2.05, 4.69) is 5.32 Å². The fourth-order valence-corrected chi connectivity index (χ4v) is 5.97. The number of rotatable bonds is 4. The second-order valence-corrected chi connectivity index (χ2v) is 8.19. The molecule has 0 heterocycles. The Bertz CT molecular complexity index is 667. The fourth-order valence-electron chi connectivity index (χ4n) is 5.97. The van der Waals surface area contributed by atoms with Crippen molar-refractivity contribution in [2.75, 3.05) is 7.11 Å². The predicted molar refractivity (Wildman–Crippen MR) is 90.3 cm³/mol. The van der Waals surface area contributed by atoms with E-state index in [-0.39, 0.29) is 11.0 Å². The molecule has 1 atom stereocenters. The number of halogens is 1. The van der Waals surface area contributed by atoms with Crippen LogP contribution in [0.2, 0.25) is 0 Å². The van der Waals surface area contributed by atoms with Gasteiger partial charge < -0.3 is 10.1 Å². The lowest BCUT2D eigenvalue weighted by Gasteiger charge is -2.58. The van der Waals surface area contributed by atoms with Crippen LogP contribution in [0.15, 0.2) is 24.3 Å². The van der Waals surface area contributed by atoms with Gasteiger partial charge >= 0.3 is 5.97 Å². The Morgan fingerprint density at radius 2 is 1.68 bits per heavy atom. The second-order valence-electron chi connectivity index (χ2n) is 8.19. The molecule has 0 spiro atoms. The van der Waals surface area contributed by atoms with Gasteiger partial charge in [-0.25, -0.2) is 9.18 Å². The molecule has 1 N–H and O–H groups in total. The van der Waals surface area contributed by atoms with Gasteiger partial charge in [0.25, 0.3) is 5.91 Å². The van der Waals surface area contributed by atoms with Gasteiger partial charge in [-0.2, -0.15) is 0 Å². The maximum Gasteiger partial charge on any atom is 0.328 e. The summed E-state index contributed by atoms with van der Waals surface area (Å²) in [4.78, 5) is 25.2. The first-order valence-corrected chi connectivity index (χ1v) is 9.14. The molecule has 0 aliphatic heterocycles. The van der Waals surface area contributed by atoms with Crippen LogP contribution in [0.3, 0.4) is 0 Å². The van der Waals surface area contributed by atoms with E-state index in [1.807, 2.05) is 0 Å². The van der Waals surface area contributed by atoms with E-state index in [1.165, 1.54) is 38.5 Å². The van der Waals surface area contributed by atoms with Crippen molar-refractivity contribution in [3.05, 3.63) is 35.6 Å². The highest BCUT2D eigenvalue weighted by atomic mass is 19.1. The SMILES string of the molecule is COC(=O)C(NC(=O)c1ccccc1F)C12CC3CC(CC(C3)C1)C2. The summed E-state index contributed by atoms with van der Waals surface area (Å²) in [7, 11) is 1.35. The number of esters is 1. The topological polar surface area (TPSA) is 55.4 Å². The third-order valence-electron chi connectivity index (χ3n) is 6.53. The lowest BCUT2D eigenvalue weighted by atomic mass is 9.47. The van der Waals surface area contributed by atoms with Gasteiger partial charge in [0, 0.05) is 5.41 Å². The van der Waals surface area contributed by atoms with Crippen LogP contribution < -0.4 is 5.32 Å². The molecule has 4 aliphatic rings. The van der Waals surface area contributed by atoms with Crippen molar-refractivity contribution >= 4 is 11.9 Å². The molecule has 5 rings (SSSR count). The Balaban J connectivity index is 1.62. The van der Waals surface area contributed by atoms with Gasteiger partial charge in [-0.3, -0.25) is 4.79 Å². The van der Waals surface area contributed by atoms with E-state index in [1.54, 1.807) is 12.1 Å². The summed E-state index contributed by atoms with van der Waals surface area (Å²) in [5, 5.41) is 2.83. The van der Waals surface area contributed by atoms with Crippen molar-refractivity contribution in [1.29, 1.82) is 0 Å². The van der Waals surface area contributed by atoms with E-state index in [4.69, 9.17) is 4.74 Å². The zero-order chi connectivity index (χ0) is 17.6. The molecule has 0 radical (unpaired) electrons. The molecule has 25 heavy (non-hydrogen) atoms. The molecule has 134 valence electrons.